The summed E-state index contributed by atoms with van der Waals surface area (Å²) in [6.07, 6.45) is 4.80. The van der Waals surface area contributed by atoms with Crippen LogP contribution >= 0.6 is 11.3 Å². The van der Waals surface area contributed by atoms with E-state index in [0.717, 1.165) is 17.7 Å². The average Bonchev–Trinajstić information content (AvgIpc) is 2.71. The van der Waals surface area contributed by atoms with Crippen molar-refractivity contribution in [2.45, 2.75) is 24.8 Å². The second-order valence-electron chi connectivity index (χ2n) is 5.12. The van der Waals surface area contributed by atoms with Crippen LogP contribution in [0.25, 0.3) is 0 Å². The van der Waals surface area contributed by atoms with Crippen LogP contribution in [-0.4, -0.2) is 44.4 Å². The van der Waals surface area contributed by atoms with E-state index in [4.69, 9.17) is 0 Å². The van der Waals surface area contributed by atoms with E-state index >= 15 is 0 Å². The number of nitrogens with zero attached hydrogens (tertiary/aromatic N) is 2. The van der Waals surface area contributed by atoms with E-state index in [-0.39, 0.29) is 0 Å². The summed E-state index contributed by atoms with van der Waals surface area (Å²) in [5.74, 6) is 0. The molecule has 2 rings (SSSR count). The number of anilines is 1. The van der Waals surface area contributed by atoms with Crippen LogP contribution in [0.5, 0.6) is 0 Å². The second-order valence-corrected chi connectivity index (χ2v) is 6.22. The van der Waals surface area contributed by atoms with Crippen molar-refractivity contribution in [2.75, 3.05) is 32.6 Å². The quantitative estimate of drug-likeness (QED) is 0.752. The summed E-state index contributed by atoms with van der Waals surface area (Å²) in [4.78, 5) is 16.1. The number of aldehydes is 1. The van der Waals surface area contributed by atoms with Gasteiger partial charge >= 0.3 is 0 Å². The maximum Gasteiger partial charge on any atom is 0.160 e. The zero-order chi connectivity index (χ0) is 12.5. The lowest BCUT2D eigenvalue weighted by atomic mass is 9.75. The van der Waals surface area contributed by atoms with Crippen molar-refractivity contribution in [1.82, 2.24) is 4.90 Å². The van der Waals surface area contributed by atoms with E-state index in [9.17, 15) is 4.79 Å². The van der Waals surface area contributed by atoms with E-state index in [2.05, 4.69) is 30.9 Å². The van der Waals surface area contributed by atoms with Gasteiger partial charge in [-0.2, -0.15) is 0 Å². The molecule has 1 aliphatic rings. The Kier molecular flexibility index (Phi) is 3.54. The minimum absolute atomic E-state index is 0.333. The monoisotopic (exact) mass is 252 g/mol. The van der Waals surface area contributed by atoms with Gasteiger partial charge in [-0.25, -0.2) is 0 Å². The van der Waals surface area contributed by atoms with Gasteiger partial charge in [-0.1, -0.05) is 0 Å². The van der Waals surface area contributed by atoms with Crippen LogP contribution in [0.1, 0.15) is 28.9 Å². The van der Waals surface area contributed by atoms with Gasteiger partial charge in [0.15, 0.2) is 6.29 Å². The Labute approximate surface area is 107 Å². The fourth-order valence-electron chi connectivity index (χ4n) is 2.46. The molecule has 17 heavy (non-hydrogen) atoms. The molecule has 1 aromatic heterocycles. The van der Waals surface area contributed by atoms with Gasteiger partial charge in [-0.3, -0.25) is 4.79 Å². The maximum absolute atomic E-state index is 10.7. The molecule has 0 radical (unpaired) electrons. The first-order valence-corrected chi connectivity index (χ1v) is 6.83. The molecule has 94 valence electrons. The Morgan fingerprint density at radius 1 is 1.35 bits per heavy atom. The predicted octanol–water partition coefficient (Wildman–Crippen LogP) is 2.48. The zero-order valence-electron chi connectivity index (χ0n) is 10.8. The standard InChI is InChI=1S/C13H20N2OS/c1-14(2)13(7-4-8-13)10-15(3)12-6-5-11(9-16)17-12/h5-6,9H,4,7-8,10H2,1-3H3. The molecule has 0 aliphatic heterocycles. The molecule has 3 nitrogen and oxygen atoms in total. The lowest BCUT2D eigenvalue weighted by Gasteiger charge is -2.49. The van der Waals surface area contributed by atoms with Gasteiger partial charge in [0.2, 0.25) is 0 Å². The molecule has 1 heterocycles. The fraction of sp³-hybridized carbons (Fsp3) is 0.615. The lowest BCUT2D eigenvalue weighted by molar-refractivity contribution is 0.0684. The Balaban J connectivity index is 2.05. The Morgan fingerprint density at radius 3 is 2.47 bits per heavy atom. The van der Waals surface area contributed by atoms with Gasteiger partial charge < -0.3 is 9.80 Å². The van der Waals surface area contributed by atoms with Crippen molar-refractivity contribution in [1.29, 1.82) is 0 Å². The molecule has 0 bridgehead atoms. The maximum atomic E-state index is 10.7. The molecule has 1 aliphatic carbocycles. The molecule has 1 saturated carbocycles. The van der Waals surface area contributed by atoms with Crippen molar-refractivity contribution >= 4 is 22.6 Å². The van der Waals surface area contributed by atoms with Crippen molar-refractivity contribution in [3.05, 3.63) is 17.0 Å². The first-order chi connectivity index (χ1) is 8.07. The van der Waals surface area contributed by atoms with E-state index < -0.39 is 0 Å². The molecule has 1 aromatic rings. The van der Waals surface area contributed by atoms with Gasteiger partial charge in [0, 0.05) is 19.1 Å². The van der Waals surface area contributed by atoms with E-state index in [1.807, 2.05) is 12.1 Å². The molecule has 0 unspecified atom stereocenters. The number of carbonyl (C=O) groups excluding carboxylic acids is 1. The van der Waals surface area contributed by atoms with Crippen LogP contribution in [0.4, 0.5) is 5.00 Å². The fourth-order valence-corrected chi connectivity index (χ4v) is 3.24. The SMILES string of the molecule is CN(CC1(N(C)C)CCC1)c1ccc(C=O)s1. The summed E-state index contributed by atoms with van der Waals surface area (Å²) in [5.41, 5.74) is 0.333. The molecule has 0 amide bonds. The number of rotatable bonds is 5. The van der Waals surface area contributed by atoms with Crippen molar-refractivity contribution in [3.63, 3.8) is 0 Å². The molecule has 0 aromatic carbocycles. The smallest absolute Gasteiger partial charge is 0.160 e. The van der Waals surface area contributed by atoms with Gasteiger partial charge in [-0.15, -0.1) is 11.3 Å². The third-order valence-electron chi connectivity index (χ3n) is 3.87. The molecule has 0 spiro atoms. The third-order valence-corrected chi connectivity index (χ3v) is 4.99. The largest absolute Gasteiger partial charge is 0.365 e. The minimum atomic E-state index is 0.333. The molecule has 4 heteroatoms. The highest BCUT2D eigenvalue weighted by molar-refractivity contribution is 7.17. The summed E-state index contributed by atoms with van der Waals surface area (Å²) >= 11 is 1.57. The average molecular weight is 252 g/mol. The number of hydrogen-bond acceptors (Lipinski definition) is 4. The van der Waals surface area contributed by atoms with Crippen LogP contribution in [-0.2, 0) is 0 Å². The zero-order valence-corrected chi connectivity index (χ0v) is 11.6. The van der Waals surface area contributed by atoms with Gasteiger partial charge in [-0.05, 0) is 45.5 Å². The van der Waals surface area contributed by atoms with E-state index in [1.165, 1.54) is 24.3 Å². The molecular formula is C13H20N2OS. The lowest BCUT2D eigenvalue weighted by Crippen LogP contribution is -2.56. The molecular weight excluding hydrogens is 232 g/mol. The van der Waals surface area contributed by atoms with Crippen LogP contribution in [0.15, 0.2) is 12.1 Å². The first kappa shape index (κ1) is 12.6. The number of likely N-dealkylation sites (N-methyl/N-ethyl adjacent to an activating group) is 2. The highest BCUT2D eigenvalue weighted by atomic mass is 32.1. The Hall–Kier alpha value is -0.870. The normalized spacial score (nSPS) is 17.9. The van der Waals surface area contributed by atoms with Crippen LogP contribution < -0.4 is 4.90 Å². The summed E-state index contributed by atoms with van der Waals surface area (Å²) < 4.78 is 0. The Morgan fingerprint density at radius 2 is 2.06 bits per heavy atom. The van der Waals surface area contributed by atoms with Gasteiger partial charge in [0.05, 0.1) is 9.88 Å². The summed E-state index contributed by atoms with van der Waals surface area (Å²) in [5, 5.41) is 1.18. The van der Waals surface area contributed by atoms with Crippen molar-refractivity contribution < 1.29 is 4.79 Å². The summed E-state index contributed by atoms with van der Waals surface area (Å²) in [6, 6.07) is 3.93. The predicted molar refractivity (Wildman–Crippen MR) is 73.2 cm³/mol. The minimum Gasteiger partial charge on any atom is -0.365 e. The number of thiophene rings is 1. The van der Waals surface area contributed by atoms with Crippen LogP contribution in [0.2, 0.25) is 0 Å². The number of hydrogen-bond donors (Lipinski definition) is 0. The molecule has 0 N–H and O–H groups in total. The van der Waals surface area contributed by atoms with Crippen molar-refractivity contribution in [2.24, 2.45) is 0 Å². The summed E-state index contributed by atoms with van der Waals surface area (Å²) in [7, 11) is 6.44. The van der Waals surface area contributed by atoms with Gasteiger partial charge in [0.1, 0.15) is 0 Å². The highest BCUT2D eigenvalue weighted by Gasteiger charge is 2.40. The van der Waals surface area contributed by atoms with E-state index in [0.29, 0.717) is 5.54 Å². The second kappa shape index (κ2) is 4.78. The van der Waals surface area contributed by atoms with Crippen molar-refractivity contribution in [3.8, 4) is 0 Å². The summed E-state index contributed by atoms with van der Waals surface area (Å²) in [6.45, 7) is 1.04. The topological polar surface area (TPSA) is 23.6 Å². The Bertz CT molecular complexity index is 396. The third kappa shape index (κ3) is 2.38. The first-order valence-electron chi connectivity index (χ1n) is 6.01. The molecule has 0 saturated heterocycles. The molecule has 1 fully saturated rings. The highest BCUT2D eigenvalue weighted by Crippen LogP contribution is 2.38. The number of carbonyl (C=O) groups is 1. The van der Waals surface area contributed by atoms with Gasteiger partial charge in [0.25, 0.3) is 0 Å². The molecule has 0 atom stereocenters. The van der Waals surface area contributed by atoms with E-state index in [1.54, 1.807) is 11.3 Å². The van der Waals surface area contributed by atoms with Crippen LogP contribution in [0.3, 0.4) is 0 Å². The van der Waals surface area contributed by atoms with Crippen LogP contribution in [0, 0.1) is 0 Å².